The lowest BCUT2D eigenvalue weighted by Crippen LogP contribution is -1.99. The molecular formula is C78H48N4. The van der Waals surface area contributed by atoms with E-state index in [1.807, 2.05) is 0 Å². The lowest BCUT2D eigenvalue weighted by molar-refractivity contribution is 1.23. The number of nitrogens with zero attached hydrogens (tertiary/aromatic N) is 4. The van der Waals surface area contributed by atoms with E-state index in [0.29, 0.717) is 5.82 Å². The average molecular weight is 1040 g/mol. The molecule has 0 amide bonds. The number of hydrogen-bond acceptors (Lipinski definition) is 4. The van der Waals surface area contributed by atoms with Gasteiger partial charge in [0.25, 0.3) is 0 Å². The highest BCUT2D eigenvalue weighted by Crippen LogP contribution is 2.45. The molecule has 0 saturated carbocycles. The first-order valence-electron chi connectivity index (χ1n) is 27.9. The summed E-state index contributed by atoms with van der Waals surface area (Å²) >= 11 is 0. The van der Waals surface area contributed by atoms with Crippen LogP contribution in [0.3, 0.4) is 0 Å². The van der Waals surface area contributed by atoms with Crippen LogP contribution in [0.4, 0.5) is 0 Å². The zero-order valence-electron chi connectivity index (χ0n) is 44.5. The summed E-state index contributed by atoms with van der Waals surface area (Å²) in [6.07, 6.45) is 0. The third kappa shape index (κ3) is 8.07. The lowest BCUT2D eigenvalue weighted by Gasteiger charge is -2.19. The number of benzene rings is 13. The van der Waals surface area contributed by atoms with Crippen LogP contribution < -0.4 is 0 Å². The smallest absolute Gasteiger partial charge is 0.160 e. The van der Waals surface area contributed by atoms with E-state index in [2.05, 4.69) is 291 Å². The molecule has 0 atom stereocenters. The van der Waals surface area contributed by atoms with Gasteiger partial charge in [-0.05, 0) is 131 Å². The number of hydrogen-bond donors (Lipinski definition) is 0. The van der Waals surface area contributed by atoms with Crippen LogP contribution in [0.1, 0.15) is 0 Å². The summed E-state index contributed by atoms with van der Waals surface area (Å²) in [5.74, 6) is 0.633. The largest absolute Gasteiger partial charge is 0.248 e. The van der Waals surface area contributed by atoms with Crippen LogP contribution >= 0.6 is 0 Å². The third-order valence-electron chi connectivity index (χ3n) is 16.4. The van der Waals surface area contributed by atoms with E-state index in [-0.39, 0.29) is 0 Å². The minimum atomic E-state index is 0.633. The topological polar surface area (TPSA) is 51.6 Å². The first kappa shape index (κ1) is 47.1. The van der Waals surface area contributed by atoms with Crippen LogP contribution in [-0.2, 0) is 0 Å². The molecule has 16 aromatic rings. The Morgan fingerprint density at radius 3 is 1.13 bits per heavy atom. The van der Waals surface area contributed by atoms with Crippen molar-refractivity contribution in [3.05, 3.63) is 291 Å². The SMILES string of the molecule is c1ccc(-c2cc(-c3ccc(-c4nc(-c5ccc(-c6cc(-c7ccccc7)c7ccccc7n6)cc5)c5cc(-c6cc7ccccc7c7ccccc67)cc(-c6cc7ccccc7c7ccccc67)c5n4)cc3)nc3ccccc23)cc1. The van der Waals surface area contributed by atoms with Crippen molar-refractivity contribution in [1.82, 2.24) is 19.9 Å². The van der Waals surface area contributed by atoms with Crippen LogP contribution in [0.5, 0.6) is 0 Å². The van der Waals surface area contributed by atoms with E-state index in [4.69, 9.17) is 19.9 Å². The van der Waals surface area contributed by atoms with Crippen LogP contribution in [0, 0.1) is 0 Å². The summed E-state index contributed by atoms with van der Waals surface area (Å²) < 4.78 is 0. The fraction of sp³-hybridized carbons (Fsp3) is 0. The number of aromatic nitrogens is 4. The number of pyridine rings is 2. The number of rotatable bonds is 8. The van der Waals surface area contributed by atoms with E-state index >= 15 is 0 Å². The molecule has 0 aliphatic heterocycles. The van der Waals surface area contributed by atoms with Crippen molar-refractivity contribution >= 4 is 75.8 Å². The molecule has 3 aromatic heterocycles. The first-order chi connectivity index (χ1) is 40.6. The normalized spacial score (nSPS) is 11.7. The Bertz CT molecular complexity index is 5190. The molecule has 0 aliphatic rings. The summed E-state index contributed by atoms with van der Waals surface area (Å²) in [6.45, 7) is 0. The zero-order valence-corrected chi connectivity index (χ0v) is 44.5. The number of fused-ring (bicyclic) bond motifs is 9. The van der Waals surface area contributed by atoms with Gasteiger partial charge >= 0.3 is 0 Å². The molecule has 16 rings (SSSR count). The molecular weight excluding hydrogens is 993 g/mol. The maximum absolute atomic E-state index is 5.73. The maximum Gasteiger partial charge on any atom is 0.160 e. The van der Waals surface area contributed by atoms with Crippen molar-refractivity contribution in [1.29, 1.82) is 0 Å². The Balaban J connectivity index is 0.943. The Morgan fingerprint density at radius 2 is 0.598 bits per heavy atom. The second-order valence-electron chi connectivity index (χ2n) is 21.2. The molecule has 4 nitrogen and oxygen atoms in total. The Morgan fingerprint density at radius 1 is 0.195 bits per heavy atom. The van der Waals surface area contributed by atoms with Crippen LogP contribution in [0.2, 0.25) is 0 Å². The average Bonchev–Trinajstić information content (AvgIpc) is 3.67. The molecule has 380 valence electrons. The highest BCUT2D eigenvalue weighted by atomic mass is 14.9. The molecule has 82 heavy (non-hydrogen) atoms. The van der Waals surface area contributed by atoms with Crippen molar-refractivity contribution in [3.63, 3.8) is 0 Å². The predicted molar refractivity (Wildman–Crippen MR) is 344 cm³/mol. The molecule has 0 radical (unpaired) electrons. The molecule has 0 aliphatic carbocycles. The molecule has 3 heterocycles. The van der Waals surface area contributed by atoms with Crippen molar-refractivity contribution in [2.24, 2.45) is 0 Å². The van der Waals surface area contributed by atoms with E-state index < -0.39 is 0 Å². The maximum atomic E-state index is 5.73. The summed E-state index contributed by atoms with van der Waals surface area (Å²) in [5, 5.41) is 12.8. The fourth-order valence-electron chi connectivity index (χ4n) is 12.5. The van der Waals surface area contributed by atoms with Gasteiger partial charge in [0.15, 0.2) is 5.82 Å². The van der Waals surface area contributed by atoms with Gasteiger partial charge in [0.05, 0.1) is 33.6 Å². The van der Waals surface area contributed by atoms with Crippen LogP contribution in [0.15, 0.2) is 291 Å². The fourth-order valence-corrected chi connectivity index (χ4v) is 12.5. The first-order valence-corrected chi connectivity index (χ1v) is 27.9. The predicted octanol–water partition coefficient (Wildman–Crippen LogP) is 20.7. The van der Waals surface area contributed by atoms with Gasteiger partial charge in [0, 0.05) is 44.0 Å². The summed E-state index contributed by atoms with van der Waals surface area (Å²) in [5.41, 5.74) is 18.3. The third-order valence-corrected chi connectivity index (χ3v) is 16.4. The Kier molecular flexibility index (Phi) is 11.2. The van der Waals surface area contributed by atoms with Gasteiger partial charge in [0.2, 0.25) is 0 Å². The minimum absolute atomic E-state index is 0.633. The molecule has 4 heteroatoms. The van der Waals surface area contributed by atoms with Crippen molar-refractivity contribution in [2.45, 2.75) is 0 Å². The Labute approximate surface area is 474 Å². The second-order valence-corrected chi connectivity index (χ2v) is 21.2. The van der Waals surface area contributed by atoms with Gasteiger partial charge < -0.3 is 0 Å². The highest BCUT2D eigenvalue weighted by molar-refractivity contribution is 6.19. The molecule has 0 bridgehead atoms. The van der Waals surface area contributed by atoms with E-state index in [1.165, 1.54) is 37.7 Å². The van der Waals surface area contributed by atoms with Crippen molar-refractivity contribution in [3.8, 4) is 89.7 Å². The summed E-state index contributed by atoms with van der Waals surface area (Å²) in [6, 6.07) is 104. The minimum Gasteiger partial charge on any atom is -0.248 e. The van der Waals surface area contributed by atoms with Gasteiger partial charge in [-0.25, -0.2) is 19.9 Å². The second kappa shape index (κ2) is 19.5. The lowest BCUT2D eigenvalue weighted by atomic mass is 9.87. The molecule has 0 fully saturated rings. The zero-order chi connectivity index (χ0) is 54.1. The standard InChI is InChI=1S/C78H48N4/c1-3-19-49(20-4-1)67-47-74(79-72-33-17-15-31-64(67)72)51-35-39-53(40-36-51)76-71-46-57(66-43-55-23-7-9-25-58(55)60-27-11-13-29-62(60)66)45-70(69-44-56-24-8-10-26-59(56)61-28-12-14-30-63(61)69)77(71)82-78(81-76)54-41-37-52(38-42-54)75-48-68(50-21-5-2-6-22-50)65-32-16-18-34-73(65)80-75/h1-48H. The van der Waals surface area contributed by atoms with Gasteiger partial charge in [-0.2, -0.15) is 0 Å². The molecule has 0 saturated heterocycles. The summed E-state index contributed by atoms with van der Waals surface area (Å²) in [4.78, 5) is 21.9. The summed E-state index contributed by atoms with van der Waals surface area (Å²) in [7, 11) is 0. The van der Waals surface area contributed by atoms with Crippen molar-refractivity contribution in [2.75, 3.05) is 0 Å². The van der Waals surface area contributed by atoms with Crippen LogP contribution in [-0.4, -0.2) is 19.9 Å². The quantitative estimate of drug-likeness (QED) is 0.142. The Hall–Kier alpha value is -10.9. The molecule has 0 N–H and O–H groups in total. The van der Waals surface area contributed by atoms with Gasteiger partial charge in [0.1, 0.15) is 0 Å². The van der Waals surface area contributed by atoms with Crippen molar-refractivity contribution < 1.29 is 0 Å². The molecule has 13 aromatic carbocycles. The monoisotopic (exact) mass is 1040 g/mol. The van der Waals surface area contributed by atoms with Gasteiger partial charge in [-0.15, -0.1) is 0 Å². The van der Waals surface area contributed by atoms with E-state index in [1.54, 1.807) is 0 Å². The van der Waals surface area contributed by atoms with E-state index in [9.17, 15) is 0 Å². The van der Waals surface area contributed by atoms with Crippen LogP contribution in [0.25, 0.3) is 165 Å². The van der Waals surface area contributed by atoms with Gasteiger partial charge in [-0.1, -0.05) is 243 Å². The van der Waals surface area contributed by atoms with E-state index in [0.717, 1.165) is 122 Å². The molecule has 0 unspecified atom stereocenters. The highest BCUT2D eigenvalue weighted by Gasteiger charge is 2.22. The molecule has 0 spiro atoms. The van der Waals surface area contributed by atoms with Gasteiger partial charge in [-0.3, -0.25) is 0 Å². The number of para-hydroxylation sites is 2.